The first-order valence-corrected chi connectivity index (χ1v) is 14.3. The minimum absolute atomic E-state index is 0.0508. The van der Waals surface area contributed by atoms with Crippen LogP contribution in [0.5, 0.6) is 0 Å². The molecule has 2 heterocycles. The largest absolute Gasteiger partial charge is 0.467 e. The van der Waals surface area contributed by atoms with Crippen molar-refractivity contribution in [2.24, 2.45) is 0 Å². The number of likely N-dealkylation sites (tertiary alicyclic amines) is 2. The normalized spacial score (nSPS) is 21.7. The van der Waals surface area contributed by atoms with Gasteiger partial charge in [0, 0.05) is 49.1 Å². The standard InChI is InChI=1S/C30H42N4O10/c1-29(2,3)43-27(39)33-15-19(13-21(33)25(37)41-7)31-23(35)17-9-11-18(12-10-17)24(36)32-20-14-22(26(38)42-8)34(16-20)28(40)44-30(4,5)6/h9-12,19-22H,13-16H2,1-8H3,(H,31,35)(H,32,36)/t19-,20-,21-,22-/m0/s1. The summed E-state index contributed by atoms with van der Waals surface area (Å²) in [7, 11) is 2.45. The van der Waals surface area contributed by atoms with E-state index in [0.717, 1.165) is 0 Å². The van der Waals surface area contributed by atoms with Gasteiger partial charge in [-0.15, -0.1) is 0 Å². The molecule has 4 atom stereocenters. The van der Waals surface area contributed by atoms with Crippen LogP contribution in [-0.4, -0.2) is 108 Å². The Kier molecular flexibility index (Phi) is 10.5. The van der Waals surface area contributed by atoms with Crippen molar-refractivity contribution in [2.45, 2.75) is 89.8 Å². The molecule has 4 amide bonds. The van der Waals surface area contributed by atoms with Gasteiger partial charge < -0.3 is 29.6 Å². The van der Waals surface area contributed by atoms with Gasteiger partial charge >= 0.3 is 24.1 Å². The molecule has 242 valence electrons. The van der Waals surface area contributed by atoms with E-state index >= 15 is 0 Å². The molecule has 0 aromatic heterocycles. The van der Waals surface area contributed by atoms with Gasteiger partial charge in [-0.25, -0.2) is 19.2 Å². The van der Waals surface area contributed by atoms with E-state index in [1.165, 1.54) is 48.3 Å². The summed E-state index contributed by atoms with van der Waals surface area (Å²) in [5, 5.41) is 5.64. The van der Waals surface area contributed by atoms with E-state index in [0.29, 0.717) is 0 Å². The van der Waals surface area contributed by atoms with Gasteiger partial charge in [-0.1, -0.05) is 0 Å². The van der Waals surface area contributed by atoms with Crippen molar-refractivity contribution >= 4 is 35.9 Å². The van der Waals surface area contributed by atoms with Gasteiger partial charge in [-0.3, -0.25) is 19.4 Å². The molecule has 0 bridgehead atoms. The van der Waals surface area contributed by atoms with E-state index in [1.54, 1.807) is 41.5 Å². The molecule has 0 aliphatic carbocycles. The number of esters is 2. The van der Waals surface area contributed by atoms with Crippen molar-refractivity contribution in [2.75, 3.05) is 27.3 Å². The predicted molar refractivity (Wildman–Crippen MR) is 156 cm³/mol. The molecule has 2 aliphatic rings. The summed E-state index contributed by atoms with van der Waals surface area (Å²) < 4.78 is 20.5. The van der Waals surface area contributed by atoms with Gasteiger partial charge in [0.05, 0.1) is 14.2 Å². The summed E-state index contributed by atoms with van der Waals surface area (Å²) in [4.78, 5) is 78.5. The first kappa shape index (κ1) is 34.1. The molecule has 14 heteroatoms. The van der Waals surface area contributed by atoms with Crippen molar-refractivity contribution in [3.8, 4) is 0 Å². The van der Waals surface area contributed by atoms with Crippen LogP contribution in [0, 0.1) is 0 Å². The Morgan fingerprint density at radius 3 is 1.23 bits per heavy atom. The highest BCUT2D eigenvalue weighted by Crippen LogP contribution is 2.24. The van der Waals surface area contributed by atoms with Gasteiger partial charge in [-0.2, -0.15) is 0 Å². The highest BCUT2D eigenvalue weighted by molar-refractivity contribution is 5.98. The smallest absolute Gasteiger partial charge is 0.411 e. The van der Waals surface area contributed by atoms with Crippen molar-refractivity contribution in [1.82, 2.24) is 20.4 Å². The van der Waals surface area contributed by atoms with Gasteiger partial charge in [0.2, 0.25) is 0 Å². The molecule has 2 fully saturated rings. The van der Waals surface area contributed by atoms with Gasteiger partial charge in [0.1, 0.15) is 23.3 Å². The summed E-state index contributed by atoms with van der Waals surface area (Å²) >= 11 is 0. The van der Waals surface area contributed by atoms with E-state index in [-0.39, 0.29) is 37.1 Å². The number of nitrogens with zero attached hydrogens (tertiary/aromatic N) is 2. The van der Waals surface area contributed by atoms with Crippen molar-refractivity contribution in [1.29, 1.82) is 0 Å². The summed E-state index contributed by atoms with van der Waals surface area (Å²) in [5.74, 6) is -2.14. The second-order valence-corrected chi connectivity index (χ2v) is 12.7. The maximum atomic E-state index is 13.0. The number of carbonyl (C=O) groups is 6. The van der Waals surface area contributed by atoms with Crippen LogP contribution in [0.1, 0.15) is 75.1 Å². The van der Waals surface area contributed by atoms with Crippen molar-refractivity contribution < 1.29 is 47.7 Å². The minimum Gasteiger partial charge on any atom is -0.467 e. The van der Waals surface area contributed by atoms with E-state index in [1.807, 2.05) is 0 Å². The number of carbonyl (C=O) groups excluding carboxylic acids is 6. The molecule has 2 saturated heterocycles. The molecule has 0 radical (unpaired) electrons. The van der Waals surface area contributed by atoms with E-state index in [9.17, 15) is 28.8 Å². The van der Waals surface area contributed by atoms with Crippen LogP contribution in [0.15, 0.2) is 24.3 Å². The zero-order valence-electron chi connectivity index (χ0n) is 26.4. The summed E-state index contributed by atoms with van der Waals surface area (Å²) in [5.41, 5.74) is -1.03. The molecular weight excluding hydrogens is 576 g/mol. The Hall–Kier alpha value is -4.36. The van der Waals surface area contributed by atoms with Crippen LogP contribution in [0.4, 0.5) is 9.59 Å². The lowest BCUT2D eigenvalue weighted by Crippen LogP contribution is -2.44. The van der Waals surface area contributed by atoms with Crippen LogP contribution in [-0.2, 0) is 28.5 Å². The highest BCUT2D eigenvalue weighted by atomic mass is 16.6. The Balaban J connectivity index is 1.62. The molecule has 1 aromatic carbocycles. The maximum Gasteiger partial charge on any atom is 0.411 e. The second kappa shape index (κ2) is 13.5. The Bertz CT molecular complexity index is 1170. The molecular formula is C30H42N4O10. The third-order valence-electron chi connectivity index (χ3n) is 6.88. The summed E-state index contributed by atoms with van der Waals surface area (Å²) in [6, 6.07) is 2.99. The van der Waals surface area contributed by atoms with Gasteiger partial charge in [0.15, 0.2) is 0 Å². The third-order valence-corrected chi connectivity index (χ3v) is 6.88. The average molecular weight is 619 g/mol. The Morgan fingerprint density at radius 1 is 0.636 bits per heavy atom. The number of benzene rings is 1. The highest BCUT2D eigenvalue weighted by Gasteiger charge is 2.44. The van der Waals surface area contributed by atoms with Crippen LogP contribution >= 0.6 is 0 Å². The van der Waals surface area contributed by atoms with E-state index in [4.69, 9.17) is 18.9 Å². The average Bonchev–Trinajstić information content (AvgIpc) is 3.55. The predicted octanol–water partition coefficient (Wildman–Crippen LogP) is 2.25. The molecule has 44 heavy (non-hydrogen) atoms. The second-order valence-electron chi connectivity index (χ2n) is 12.7. The number of hydrogen-bond donors (Lipinski definition) is 2. The SMILES string of the molecule is COC(=O)[C@@H]1C[C@H](NC(=O)c2ccc(C(=O)N[C@H]3C[C@@H](C(=O)OC)N(C(=O)OC(C)(C)C)C3)cc2)CN1C(=O)OC(C)(C)C. The zero-order chi connectivity index (χ0) is 33.0. The molecule has 14 nitrogen and oxygen atoms in total. The van der Waals surface area contributed by atoms with E-state index < -0.39 is 71.3 Å². The van der Waals surface area contributed by atoms with Crippen LogP contribution < -0.4 is 10.6 Å². The summed E-state index contributed by atoms with van der Waals surface area (Å²) in [6.07, 6.45) is -1.08. The van der Waals surface area contributed by atoms with Crippen LogP contribution in [0.2, 0.25) is 0 Å². The minimum atomic E-state index is -0.910. The Labute approximate surface area is 256 Å². The fraction of sp³-hybridized carbons (Fsp3) is 0.600. The quantitative estimate of drug-likeness (QED) is 0.356. The fourth-order valence-corrected chi connectivity index (χ4v) is 4.96. The molecule has 2 N–H and O–H groups in total. The number of rotatable bonds is 6. The molecule has 0 spiro atoms. The van der Waals surface area contributed by atoms with Crippen molar-refractivity contribution in [3.63, 3.8) is 0 Å². The monoisotopic (exact) mass is 618 g/mol. The number of ether oxygens (including phenoxy) is 4. The van der Waals surface area contributed by atoms with Crippen molar-refractivity contribution in [3.05, 3.63) is 35.4 Å². The topological polar surface area (TPSA) is 170 Å². The first-order chi connectivity index (χ1) is 20.4. The lowest BCUT2D eigenvalue weighted by molar-refractivity contribution is -0.146. The zero-order valence-corrected chi connectivity index (χ0v) is 26.4. The molecule has 1 aromatic rings. The van der Waals surface area contributed by atoms with Gasteiger partial charge in [-0.05, 0) is 65.8 Å². The fourth-order valence-electron chi connectivity index (χ4n) is 4.96. The van der Waals surface area contributed by atoms with Crippen LogP contribution in [0.3, 0.4) is 0 Å². The maximum absolute atomic E-state index is 13.0. The first-order valence-electron chi connectivity index (χ1n) is 14.3. The van der Waals surface area contributed by atoms with E-state index in [2.05, 4.69) is 10.6 Å². The number of hydrogen-bond acceptors (Lipinski definition) is 10. The number of nitrogens with one attached hydrogen (secondary N) is 2. The molecule has 3 rings (SSSR count). The number of methoxy groups -OCH3 is 2. The molecule has 2 aliphatic heterocycles. The Morgan fingerprint density at radius 2 is 0.955 bits per heavy atom. The number of amides is 4. The third kappa shape index (κ3) is 8.83. The lowest BCUT2D eigenvalue weighted by atomic mass is 10.1. The lowest BCUT2D eigenvalue weighted by Gasteiger charge is -2.27. The van der Waals surface area contributed by atoms with Gasteiger partial charge in [0.25, 0.3) is 11.8 Å². The molecule has 0 saturated carbocycles. The van der Waals surface area contributed by atoms with Crippen LogP contribution in [0.25, 0.3) is 0 Å². The molecule has 0 unspecified atom stereocenters. The summed E-state index contributed by atoms with van der Waals surface area (Å²) in [6.45, 7) is 10.4.